The van der Waals surface area contributed by atoms with Crippen LogP contribution in [0, 0.1) is 0 Å². The molecule has 0 radical (unpaired) electrons. The SMILES string of the molecule is CN(C)C1CCN(CC2(N)CCCC2)CC1. The molecule has 0 aromatic heterocycles. The van der Waals surface area contributed by atoms with Crippen LogP contribution in [0.1, 0.15) is 38.5 Å². The standard InChI is InChI=1S/C13H27N3/c1-15(2)12-5-9-16(10-6-12)11-13(14)7-3-4-8-13/h12H,3-11,14H2,1-2H3. The molecule has 1 saturated carbocycles. The molecule has 3 heteroatoms. The van der Waals surface area contributed by atoms with Crippen LogP contribution in [0.2, 0.25) is 0 Å². The normalized spacial score (nSPS) is 27.8. The van der Waals surface area contributed by atoms with Crippen molar-refractivity contribution in [3.05, 3.63) is 0 Å². The molecule has 0 amide bonds. The molecule has 0 bridgehead atoms. The summed E-state index contributed by atoms with van der Waals surface area (Å²) >= 11 is 0. The van der Waals surface area contributed by atoms with Gasteiger partial charge in [-0.3, -0.25) is 0 Å². The minimum Gasteiger partial charge on any atom is -0.324 e. The number of rotatable bonds is 3. The van der Waals surface area contributed by atoms with Gasteiger partial charge >= 0.3 is 0 Å². The predicted octanol–water partition coefficient (Wildman–Crippen LogP) is 1.28. The highest BCUT2D eigenvalue weighted by molar-refractivity contribution is 4.93. The van der Waals surface area contributed by atoms with E-state index in [9.17, 15) is 0 Å². The lowest BCUT2D eigenvalue weighted by Gasteiger charge is -2.39. The van der Waals surface area contributed by atoms with Crippen LogP contribution in [0.3, 0.4) is 0 Å². The van der Waals surface area contributed by atoms with E-state index in [0.29, 0.717) is 0 Å². The van der Waals surface area contributed by atoms with Gasteiger partial charge in [-0.15, -0.1) is 0 Å². The summed E-state index contributed by atoms with van der Waals surface area (Å²) in [6.07, 6.45) is 7.77. The highest BCUT2D eigenvalue weighted by Crippen LogP contribution is 2.29. The van der Waals surface area contributed by atoms with Crippen LogP contribution in [0.15, 0.2) is 0 Å². The van der Waals surface area contributed by atoms with Crippen molar-refractivity contribution < 1.29 is 0 Å². The van der Waals surface area contributed by atoms with Crippen molar-refractivity contribution in [1.29, 1.82) is 0 Å². The summed E-state index contributed by atoms with van der Waals surface area (Å²) in [7, 11) is 4.39. The molecule has 94 valence electrons. The van der Waals surface area contributed by atoms with Crippen molar-refractivity contribution in [3.8, 4) is 0 Å². The van der Waals surface area contributed by atoms with Gasteiger partial charge in [-0.05, 0) is 52.9 Å². The van der Waals surface area contributed by atoms with Crippen LogP contribution in [0.4, 0.5) is 0 Å². The summed E-state index contributed by atoms with van der Waals surface area (Å²) in [4.78, 5) is 4.95. The van der Waals surface area contributed by atoms with Gasteiger partial charge in [0.05, 0.1) is 0 Å². The Hall–Kier alpha value is -0.120. The molecule has 0 unspecified atom stereocenters. The summed E-state index contributed by atoms with van der Waals surface area (Å²) in [6.45, 7) is 3.61. The van der Waals surface area contributed by atoms with Crippen molar-refractivity contribution in [2.24, 2.45) is 5.73 Å². The molecular weight excluding hydrogens is 198 g/mol. The van der Waals surface area contributed by atoms with E-state index in [2.05, 4.69) is 23.9 Å². The fourth-order valence-electron chi connectivity index (χ4n) is 3.28. The van der Waals surface area contributed by atoms with Crippen LogP contribution >= 0.6 is 0 Å². The Morgan fingerprint density at radius 3 is 2.25 bits per heavy atom. The molecule has 0 aromatic rings. The third-order valence-electron chi connectivity index (χ3n) is 4.43. The first kappa shape index (κ1) is 12.3. The number of nitrogens with zero attached hydrogens (tertiary/aromatic N) is 2. The highest BCUT2D eigenvalue weighted by Gasteiger charge is 2.32. The first-order valence-electron chi connectivity index (χ1n) is 6.77. The Morgan fingerprint density at radius 1 is 1.19 bits per heavy atom. The number of nitrogens with two attached hydrogens (primary N) is 1. The van der Waals surface area contributed by atoms with Crippen molar-refractivity contribution in [1.82, 2.24) is 9.80 Å². The second-order valence-electron chi connectivity index (χ2n) is 6.04. The molecule has 2 N–H and O–H groups in total. The molecule has 1 aliphatic heterocycles. The van der Waals surface area contributed by atoms with Gasteiger partial charge in [0.15, 0.2) is 0 Å². The number of hydrogen-bond donors (Lipinski definition) is 1. The van der Waals surface area contributed by atoms with Gasteiger partial charge in [0.25, 0.3) is 0 Å². The third kappa shape index (κ3) is 2.96. The predicted molar refractivity (Wildman–Crippen MR) is 68.5 cm³/mol. The van der Waals surface area contributed by atoms with E-state index in [4.69, 9.17) is 5.73 Å². The molecule has 0 aromatic carbocycles. The molecule has 16 heavy (non-hydrogen) atoms. The Morgan fingerprint density at radius 2 is 1.75 bits per heavy atom. The van der Waals surface area contributed by atoms with E-state index >= 15 is 0 Å². The van der Waals surface area contributed by atoms with Gasteiger partial charge in [0.1, 0.15) is 0 Å². The molecule has 1 saturated heterocycles. The number of hydrogen-bond acceptors (Lipinski definition) is 3. The minimum atomic E-state index is 0.144. The van der Waals surface area contributed by atoms with Crippen LogP contribution < -0.4 is 5.73 Å². The van der Waals surface area contributed by atoms with E-state index < -0.39 is 0 Å². The fourth-order valence-corrected chi connectivity index (χ4v) is 3.28. The largest absolute Gasteiger partial charge is 0.324 e. The molecule has 2 aliphatic rings. The average Bonchev–Trinajstić information content (AvgIpc) is 2.65. The minimum absolute atomic E-state index is 0.144. The van der Waals surface area contributed by atoms with Crippen LogP contribution in [-0.4, -0.2) is 55.1 Å². The number of piperidine rings is 1. The highest BCUT2D eigenvalue weighted by atomic mass is 15.2. The van der Waals surface area contributed by atoms with Gasteiger partial charge < -0.3 is 15.5 Å². The number of likely N-dealkylation sites (tertiary alicyclic amines) is 1. The molecular formula is C13H27N3. The Labute approximate surface area is 100.0 Å². The van der Waals surface area contributed by atoms with E-state index in [1.54, 1.807) is 0 Å². The van der Waals surface area contributed by atoms with Gasteiger partial charge in [-0.25, -0.2) is 0 Å². The van der Waals surface area contributed by atoms with E-state index in [1.807, 2.05) is 0 Å². The van der Waals surface area contributed by atoms with Crippen molar-refractivity contribution in [2.75, 3.05) is 33.7 Å². The second kappa shape index (κ2) is 5.03. The lowest BCUT2D eigenvalue weighted by Crippen LogP contribution is -2.51. The summed E-state index contributed by atoms with van der Waals surface area (Å²) < 4.78 is 0. The summed E-state index contributed by atoms with van der Waals surface area (Å²) in [5.41, 5.74) is 6.58. The fraction of sp³-hybridized carbons (Fsp3) is 1.00. The van der Waals surface area contributed by atoms with E-state index in [0.717, 1.165) is 12.6 Å². The van der Waals surface area contributed by atoms with Crippen molar-refractivity contribution >= 4 is 0 Å². The van der Waals surface area contributed by atoms with Gasteiger partial charge in [-0.1, -0.05) is 12.8 Å². The zero-order chi connectivity index (χ0) is 11.6. The molecule has 3 nitrogen and oxygen atoms in total. The molecule has 0 spiro atoms. The zero-order valence-electron chi connectivity index (χ0n) is 10.9. The topological polar surface area (TPSA) is 32.5 Å². The van der Waals surface area contributed by atoms with E-state index in [-0.39, 0.29) is 5.54 Å². The molecule has 2 fully saturated rings. The smallest absolute Gasteiger partial charge is 0.0283 e. The van der Waals surface area contributed by atoms with Crippen LogP contribution in [-0.2, 0) is 0 Å². The van der Waals surface area contributed by atoms with Gasteiger partial charge in [0.2, 0.25) is 0 Å². The van der Waals surface area contributed by atoms with Gasteiger partial charge in [-0.2, -0.15) is 0 Å². The molecule has 2 rings (SSSR count). The molecule has 0 atom stereocenters. The lowest BCUT2D eigenvalue weighted by atomic mass is 9.96. The first-order valence-corrected chi connectivity index (χ1v) is 6.77. The van der Waals surface area contributed by atoms with Crippen LogP contribution in [0.25, 0.3) is 0 Å². The van der Waals surface area contributed by atoms with Crippen molar-refractivity contribution in [3.63, 3.8) is 0 Å². The van der Waals surface area contributed by atoms with Crippen LogP contribution in [0.5, 0.6) is 0 Å². The maximum atomic E-state index is 6.43. The first-order chi connectivity index (χ1) is 7.59. The zero-order valence-corrected chi connectivity index (χ0v) is 10.9. The van der Waals surface area contributed by atoms with Gasteiger partial charge in [0, 0.05) is 18.1 Å². The maximum Gasteiger partial charge on any atom is 0.0283 e. The maximum absolute atomic E-state index is 6.43. The third-order valence-corrected chi connectivity index (χ3v) is 4.43. The monoisotopic (exact) mass is 225 g/mol. The quantitative estimate of drug-likeness (QED) is 0.785. The Balaban J connectivity index is 1.76. The summed E-state index contributed by atoms with van der Waals surface area (Å²) in [6, 6.07) is 0.786. The summed E-state index contributed by atoms with van der Waals surface area (Å²) in [5.74, 6) is 0. The van der Waals surface area contributed by atoms with Crippen molar-refractivity contribution in [2.45, 2.75) is 50.1 Å². The summed E-state index contributed by atoms with van der Waals surface area (Å²) in [5, 5.41) is 0. The Bertz CT molecular complexity index is 213. The second-order valence-corrected chi connectivity index (χ2v) is 6.04. The molecule has 1 aliphatic carbocycles. The Kier molecular flexibility index (Phi) is 3.88. The lowest BCUT2D eigenvalue weighted by molar-refractivity contribution is 0.122. The molecule has 1 heterocycles. The average molecular weight is 225 g/mol. The van der Waals surface area contributed by atoms with E-state index in [1.165, 1.54) is 51.6 Å².